The molecule has 156 valence electrons. The molecule has 4 heteroatoms. The van der Waals surface area contributed by atoms with Crippen molar-refractivity contribution in [3.05, 3.63) is 12.3 Å². The van der Waals surface area contributed by atoms with Crippen LogP contribution >= 0.6 is 0 Å². The van der Waals surface area contributed by atoms with Crippen molar-refractivity contribution in [3.63, 3.8) is 0 Å². The van der Waals surface area contributed by atoms with Gasteiger partial charge in [0.1, 0.15) is 0 Å². The molecule has 0 aliphatic rings. The fraction of sp³-hybridized carbons (Fsp3) is 0.870. The highest BCUT2D eigenvalue weighted by molar-refractivity contribution is 5.34. The maximum absolute atomic E-state index is 4.21. The summed E-state index contributed by atoms with van der Waals surface area (Å²) >= 11 is 0. The van der Waals surface area contributed by atoms with E-state index in [4.69, 9.17) is 0 Å². The van der Waals surface area contributed by atoms with E-state index in [9.17, 15) is 0 Å². The Morgan fingerprint density at radius 3 is 1.74 bits per heavy atom. The lowest BCUT2D eigenvalue weighted by atomic mass is 9.82. The Bertz CT molecular complexity index is 419. The van der Waals surface area contributed by atoms with E-state index < -0.39 is 0 Å². The number of hydrogen-bond donors (Lipinski definition) is 1. The fourth-order valence-electron chi connectivity index (χ4n) is 4.11. The molecule has 27 heavy (non-hydrogen) atoms. The molecular weight excluding hydrogens is 332 g/mol. The van der Waals surface area contributed by atoms with Crippen molar-refractivity contribution in [1.82, 2.24) is 15.4 Å². The Labute approximate surface area is 168 Å². The summed E-state index contributed by atoms with van der Waals surface area (Å²) in [6, 6.07) is 1.96. The topological polar surface area (TPSA) is 50.7 Å². The van der Waals surface area contributed by atoms with E-state index in [1.54, 1.807) is 6.20 Å². The molecule has 0 atom stereocenters. The maximum Gasteiger partial charge on any atom is 0.152 e. The first kappa shape index (κ1) is 23.8. The van der Waals surface area contributed by atoms with E-state index in [0.717, 1.165) is 5.82 Å². The van der Waals surface area contributed by atoms with Gasteiger partial charge in [-0.1, -0.05) is 104 Å². The lowest BCUT2D eigenvalue weighted by Gasteiger charge is -2.36. The highest BCUT2D eigenvalue weighted by Crippen LogP contribution is 2.31. The molecule has 1 aromatic heterocycles. The van der Waals surface area contributed by atoms with Gasteiger partial charge in [-0.2, -0.15) is 0 Å². The normalized spacial score (nSPS) is 11.7. The standard InChI is InChI=1S/C23H44N4/c1-4-7-9-11-13-15-19-23(18-6-3,20-16-14-12-10-8-5-2)25-22-17-21-24-27-26-22/h17,21H,4-16,18-20H2,1-3H3,(H,24,25,26). The summed E-state index contributed by atoms with van der Waals surface area (Å²) in [7, 11) is 0. The second-order valence-electron chi connectivity index (χ2n) is 8.20. The van der Waals surface area contributed by atoms with Crippen LogP contribution < -0.4 is 5.32 Å². The molecule has 1 heterocycles. The fourth-order valence-corrected chi connectivity index (χ4v) is 4.11. The lowest BCUT2D eigenvalue weighted by molar-refractivity contribution is 0.338. The van der Waals surface area contributed by atoms with Crippen molar-refractivity contribution in [3.8, 4) is 0 Å². The number of aromatic nitrogens is 3. The zero-order valence-electron chi connectivity index (χ0n) is 18.3. The van der Waals surface area contributed by atoms with Gasteiger partial charge in [0, 0.05) is 11.6 Å². The van der Waals surface area contributed by atoms with Crippen molar-refractivity contribution < 1.29 is 0 Å². The van der Waals surface area contributed by atoms with E-state index in [1.165, 1.54) is 103 Å². The van der Waals surface area contributed by atoms with Gasteiger partial charge in [-0.15, -0.1) is 10.2 Å². The lowest BCUT2D eigenvalue weighted by Crippen LogP contribution is -2.38. The molecule has 0 fully saturated rings. The molecule has 0 aliphatic heterocycles. The minimum atomic E-state index is 0.167. The van der Waals surface area contributed by atoms with Gasteiger partial charge in [0.15, 0.2) is 5.82 Å². The summed E-state index contributed by atoms with van der Waals surface area (Å²) in [5.74, 6) is 0.885. The van der Waals surface area contributed by atoms with Crippen LogP contribution in [0.4, 0.5) is 5.82 Å². The average Bonchev–Trinajstić information content (AvgIpc) is 2.68. The Kier molecular flexibility index (Phi) is 14.0. The van der Waals surface area contributed by atoms with Crippen LogP contribution in [0.3, 0.4) is 0 Å². The van der Waals surface area contributed by atoms with Crippen LogP contribution in [-0.4, -0.2) is 20.9 Å². The van der Waals surface area contributed by atoms with E-state index in [-0.39, 0.29) is 5.54 Å². The number of anilines is 1. The van der Waals surface area contributed by atoms with Gasteiger partial charge in [0.25, 0.3) is 0 Å². The molecule has 4 nitrogen and oxygen atoms in total. The molecule has 0 aliphatic carbocycles. The number of nitrogens with zero attached hydrogens (tertiary/aromatic N) is 3. The van der Waals surface area contributed by atoms with Gasteiger partial charge in [-0.05, 0) is 24.5 Å². The highest BCUT2D eigenvalue weighted by Gasteiger charge is 2.28. The largest absolute Gasteiger partial charge is 0.363 e. The van der Waals surface area contributed by atoms with Crippen LogP contribution in [0.5, 0.6) is 0 Å². The van der Waals surface area contributed by atoms with E-state index in [0.29, 0.717) is 0 Å². The quantitative estimate of drug-likeness (QED) is 0.273. The SMILES string of the molecule is CCCCCCCCC(CCC)(CCCCCCCC)Nc1ccnnn1. The second-order valence-corrected chi connectivity index (χ2v) is 8.20. The Morgan fingerprint density at radius 2 is 1.26 bits per heavy atom. The maximum atomic E-state index is 4.21. The van der Waals surface area contributed by atoms with Gasteiger partial charge < -0.3 is 5.32 Å². The third kappa shape index (κ3) is 11.3. The molecule has 0 unspecified atom stereocenters. The predicted octanol–water partition coefficient (Wildman–Crippen LogP) is 7.32. The Hall–Kier alpha value is -1.19. The molecule has 0 amide bonds. The zero-order valence-corrected chi connectivity index (χ0v) is 18.3. The molecule has 0 aromatic carbocycles. The van der Waals surface area contributed by atoms with E-state index >= 15 is 0 Å². The highest BCUT2D eigenvalue weighted by atomic mass is 15.3. The van der Waals surface area contributed by atoms with Crippen LogP contribution in [-0.2, 0) is 0 Å². The number of rotatable bonds is 18. The predicted molar refractivity (Wildman–Crippen MR) is 117 cm³/mol. The van der Waals surface area contributed by atoms with E-state index in [1.807, 2.05) is 6.07 Å². The minimum absolute atomic E-state index is 0.167. The third-order valence-corrected chi connectivity index (χ3v) is 5.64. The Balaban J connectivity index is 2.59. The minimum Gasteiger partial charge on any atom is -0.363 e. The first-order valence-electron chi connectivity index (χ1n) is 11.7. The van der Waals surface area contributed by atoms with Crippen molar-refractivity contribution in [2.24, 2.45) is 0 Å². The van der Waals surface area contributed by atoms with Crippen LogP contribution in [0.15, 0.2) is 12.3 Å². The summed E-state index contributed by atoms with van der Waals surface area (Å²) in [5, 5.41) is 15.7. The van der Waals surface area contributed by atoms with Crippen LogP contribution in [0.25, 0.3) is 0 Å². The number of hydrogen-bond acceptors (Lipinski definition) is 4. The first-order valence-corrected chi connectivity index (χ1v) is 11.7. The first-order chi connectivity index (χ1) is 13.3. The van der Waals surface area contributed by atoms with Gasteiger partial charge in [0.05, 0.1) is 6.20 Å². The van der Waals surface area contributed by atoms with Crippen molar-refractivity contribution in [1.29, 1.82) is 0 Å². The van der Waals surface area contributed by atoms with E-state index in [2.05, 4.69) is 41.5 Å². The molecule has 1 N–H and O–H groups in total. The van der Waals surface area contributed by atoms with Gasteiger partial charge in [0.2, 0.25) is 0 Å². The third-order valence-electron chi connectivity index (χ3n) is 5.64. The Morgan fingerprint density at radius 1 is 0.704 bits per heavy atom. The smallest absolute Gasteiger partial charge is 0.152 e. The molecule has 1 rings (SSSR count). The van der Waals surface area contributed by atoms with Crippen LogP contribution in [0, 0.1) is 0 Å². The molecule has 1 aromatic rings. The summed E-state index contributed by atoms with van der Waals surface area (Å²) in [6.07, 6.45) is 22.9. The second kappa shape index (κ2) is 15.8. The zero-order chi connectivity index (χ0) is 19.6. The molecule has 0 radical (unpaired) electrons. The molecular formula is C23H44N4. The average molecular weight is 377 g/mol. The summed E-state index contributed by atoms with van der Waals surface area (Å²) < 4.78 is 0. The summed E-state index contributed by atoms with van der Waals surface area (Å²) in [6.45, 7) is 6.87. The van der Waals surface area contributed by atoms with Crippen molar-refractivity contribution in [2.45, 2.75) is 129 Å². The van der Waals surface area contributed by atoms with Gasteiger partial charge in [-0.25, -0.2) is 0 Å². The molecule has 0 saturated heterocycles. The number of nitrogens with one attached hydrogen (secondary N) is 1. The molecule has 0 bridgehead atoms. The van der Waals surface area contributed by atoms with Crippen molar-refractivity contribution >= 4 is 5.82 Å². The van der Waals surface area contributed by atoms with Crippen LogP contribution in [0.1, 0.15) is 124 Å². The number of unbranched alkanes of at least 4 members (excludes halogenated alkanes) is 10. The van der Waals surface area contributed by atoms with Crippen LogP contribution in [0.2, 0.25) is 0 Å². The molecule has 0 spiro atoms. The van der Waals surface area contributed by atoms with Crippen molar-refractivity contribution in [2.75, 3.05) is 5.32 Å². The monoisotopic (exact) mass is 376 g/mol. The summed E-state index contributed by atoms with van der Waals surface area (Å²) in [4.78, 5) is 0. The van der Waals surface area contributed by atoms with Gasteiger partial charge in [-0.3, -0.25) is 0 Å². The summed E-state index contributed by atoms with van der Waals surface area (Å²) in [5.41, 5.74) is 0.167. The van der Waals surface area contributed by atoms with Gasteiger partial charge >= 0.3 is 0 Å². The molecule has 0 saturated carbocycles.